The van der Waals surface area contributed by atoms with Gasteiger partial charge in [0.05, 0.1) is 5.69 Å². The second-order valence-corrected chi connectivity index (χ2v) is 6.19. The highest BCUT2D eigenvalue weighted by Crippen LogP contribution is 2.24. The van der Waals surface area contributed by atoms with E-state index in [9.17, 15) is 0 Å². The van der Waals surface area contributed by atoms with Crippen molar-refractivity contribution in [1.82, 2.24) is 5.43 Å². The van der Waals surface area contributed by atoms with Crippen LogP contribution in [0.4, 0.5) is 17.1 Å². The van der Waals surface area contributed by atoms with Gasteiger partial charge in [0.1, 0.15) is 5.82 Å². The number of guanidine groups is 1. The molecule has 144 valence electrons. The predicted octanol–water partition coefficient (Wildman–Crippen LogP) is 3.79. The van der Waals surface area contributed by atoms with Crippen molar-refractivity contribution in [3.63, 3.8) is 0 Å². The van der Waals surface area contributed by atoms with Crippen LogP contribution in [-0.2, 0) is 0 Å². The van der Waals surface area contributed by atoms with Gasteiger partial charge in [0.2, 0.25) is 5.96 Å². The number of hydrogen-bond acceptors (Lipinski definition) is 7. The van der Waals surface area contributed by atoms with Gasteiger partial charge >= 0.3 is 0 Å². The Bertz CT molecular complexity index is 942. The summed E-state index contributed by atoms with van der Waals surface area (Å²) in [6.45, 7) is 2.05. The lowest BCUT2D eigenvalue weighted by atomic mass is 10.1. The van der Waals surface area contributed by atoms with Crippen LogP contribution in [0, 0.1) is 6.92 Å². The zero-order valence-corrected chi connectivity index (χ0v) is 16.3. The number of benzene rings is 2. The number of nitrogens with one attached hydrogen (secondary N) is 4. The van der Waals surface area contributed by atoms with Crippen LogP contribution in [0.25, 0.3) is 0 Å². The first-order chi connectivity index (χ1) is 13.7. The molecule has 28 heavy (non-hydrogen) atoms. The molecular formula is C21H25N7. The summed E-state index contributed by atoms with van der Waals surface area (Å²) in [5.74, 6) is 1.28. The Hall–Kier alpha value is -3.45. The Labute approximate surface area is 165 Å². The van der Waals surface area contributed by atoms with Gasteiger partial charge in [0.25, 0.3) is 0 Å². The smallest absolute Gasteiger partial charge is 0.228 e. The molecule has 0 saturated carbocycles. The second-order valence-electron chi connectivity index (χ2n) is 6.19. The molecule has 7 heteroatoms. The summed E-state index contributed by atoms with van der Waals surface area (Å²) >= 11 is 0. The van der Waals surface area contributed by atoms with E-state index in [-0.39, 0.29) is 0 Å². The van der Waals surface area contributed by atoms with E-state index in [0.29, 0.717) is 12.4 Å². The van der Waals surface area contributed by atoms with Crippen molar-refractivity contribution in [1.29, 1.82) is 0 Å². The van der Waals surface area contributed by atoms with Crippen LogP contribution in [0.2, 0.25) is 0 Å². The molecule has 4 N–H and O–H groups in total. The fourth-order valence-corrected chi connectivity index (χ4v) is 2.79. The van der Waals surface area contributed by atoms with Gasteiger partial charge in [-0.3, -0.25) is 4.99 Å². The summed E-state index contributed by atoms with van der Waals surface area (Å²) in [5, 5.41) is 6.67. The molecule has 3 rings (SSSR count). The Morgan fingerprint density at radius 3 is 2.71 bits per heavy atom. The predicted molar refractivity (Wildman–Crippen MR) is 120 cm³/mol. The molecule has 0 bridgehead atoms. The summed E-state index contributed by atoms with van der Waals surface area (Å²) in [6.07, 6.45) is 6.36. The number of aliphatic imine (C=N–C) groups is 3. The summed E-state index contributed by atoms with van der Waals surface area (Å²) in [5.41, 5.74) is 11.1. The van der Waals surface area contributed by atoms with Crippen LogP contribution >= 0.6 is 0 Å². The first-order valence-electron chi connectivity index (χ1n) is 9.09. The van der Waals surface area contributed by atoms with Crippen LogP contribution < -0.4 is 21.5 Å². The maximum Gasteiger partial charge on any atom is 0.228 e. The number of anilines is 3. The van der Waals surface area contributed by atoms with Crippen LogP contribution in [0.3, 0.4) is 0 Å². The van der Waals surface area contributed by atoms with Crippen molar-refractivity contribution < 1.29 is 0 Å². The normalized spacial score (nSPS) is 13.7. The van der Waals surface area contributed by atoms with Crippen LogP contribution in [0.1, 0.15) is 17.5 Å². The monoisotopic (exact) mass is 375 g/mol. The van der Waals surface area contributed by atoms with Gasteiger partial charge in [-0.2, -0.15) is 4.99 Å². The molecule has 1 aliphatic rings. The number of nitrogens with zero attached hydrogens (tertiary/aromatic N) is 3. The summed E-state index contributed by atoms with van der Waals surface area (Å²) in [6, 6.07) is 14.0. The third-order valence-electron chi connectivity index (χ3n) is 4.13. The third kappa shape index (κ3) is 5.05. The fourth-order valence-electron chi connectivity index (χ4n) is 2.79. The molecule has 1 aliphatic heterocycles. The number of rotatable bonds is 6. The van der Waals surface area contributed by atoms with Crippen molar-refractivity contribution in [3.05, 3.63) is 65.5 Å². The van der Waals surface area contributed by atoms with Gasteiger partial charge in [-0.15, -0.1) is 0 Å². The highest BCUT2D eigenvalue weighted by atomic mass is 15.3. The third-order valence-corrected chi connectivity index (χ3v) is 4.13. The zero-order valence-electron chi connectivity index (χ0n) is 16.3. The van der Waals surface area contributed by atoms with E-state index in [2.05, 4.69) is 43.4 Å². The first-order valence-corrected chi connectivity index (χ1v) is 9.09. The molecule has 0 aromatic heterocycles. The second kappa shape index (κ2) is 9.48. The molecule has 2 aromatic carbocycles. The Morgan fingerprint density at radius 1 is 1.07 bits per heavy atom. The van der Waals surface area contributed by atoms with Gasteiger partial charge in [-0.05, 0) is 48.4 Å². The van der Waals surface area contributed by atoms with Gasteiger partial charge in [0.15, 0.2) is 0 Å². The molecule has 7 nitrogen and oxygen atoms in total. The largest absolute Gasteiger partial charge is 0.340 e. The number of hydrogen-bond donors (Lipinski definition) is 4. The van der Waals surface area contributed by atoms with Crippen molar-refractivity contribution in [2.45, 2.75) is 13.3 Å². The van der Waals surface area contributed by atoms with E-state index in [1.807, 2.05) is 68.0 Å². The zero-order chi connectivity index (χ0) is 19.8. The van der Waals surface area contributed by atoms with E-state index < -0.39 is 0 Å². The highest BCUT2D eigenvalue weighted by Gasteiger charge is 2.08. The van der Waals surface area contributed by atoms with Crippen molar-refractivity contribution in [3.8, 4) is 0 Å². The summed E-state index contributed by atoms with van der Waals surface area (Å²) in [4.78, 5) is 13.1. The van der Waals surface area contributed by atoms with Gasteiger partial charge in [0, 0.05) is 44.3 Å². The molecule has 2 aromatic rings. The lowest BCUT2D eigenvalue weighted by Crippen LogP contribution is -2.16. The van der Waals surface area contributed by atoms with Gasteiger partial charge < -0.3 is 16.1 Å². The molecule has 0 amide bonds. The van der Waals surface area contributed by atoms with E-state index in [1.165, 1.54) is 0 Å². The van der Waals surface area contributed by atoms with Crippen LogP contribution in [0.15, 0.2) is 69.3 Å². The standard InChI is InChI=1S/C21H25N7/c1-15-18(9-5-10-19(15)28-23-3)26-20-11-6-12-24-21(27-20)25-17-8-4-7-16(13-17)14-22-2/h4-5,7-14,23,26,28H,6H2,1-3H3,(H,25,27). The topological polar surface area (TPSA) is 85.2 Å². The molecule has 0 atom stereocenters. The molecule has 0 fully saturated rings. The first kappa shape index (κ1) is 19.3. The average Bonchev–Trinajstić information content (AvgIpc) is 2.91. The lowest BCUT2D eigenvalue weighted by Gasteiger charge is -2.14. The van der Waals surface area contributed by atoms with E-state index in [0.717, 1.165) is 34.0 Å². The maximum absolute atomic E-state index is 4.65. The van der Waals surface area contributed by atoms with Crippen molar-refractivity contribution in [2.75, 3.05) is 30.2 Å². The summed E-state index contributed by atoms with van der Waals surface area (Å²) in [7, 11) is 3.60. The molecular weight excluding hydrogens is 350 g/mol. The van der Waals surface area contributed by atoms with Gasteiger partial charge in [-0.25, -0.2) is 10.4 Å². The minimum atomic E-state index is 0.531. The SMILES string of the molecule is CN=Cc1cccc(NC2=NC(Nc3cccc(NNC)c3C)=CCC=N2)c1. The molecule has 0 aliphatic carbocycles. The Morgan fingerprint density at radius 2 is 1.89 bits per heavy atom. The van der Waals surface area contributed by atoms with Crippen molar-refractivity contribution in [2.24, 2.45) is 15.0 Å². The molecule has 0 unspecified atom stereocenters. The van der Waals surface area contributed by atoms with E-state index >= 15 is 0 Å². The number of hydrazine groups is 1. The molecule has 0 spiro atoms. The average molecular weight is 375 g/mol. The minimum absolute atomic E-state index is 0.531. The molecule has 1 heterocycles. The quantitative estimate of drug-likeness (QED) is 0.457. The Kier molecular flexibility index (Phi) is 6.54. The maximum atomic E-state index is 4.65. The van der Waals surface area contributed by atoms with Crippen molar-refractivity contribution >= 4 is 35.5 Å². The fraction of sp³-hybridized carbons (Fsp3) is 0.190. The minimum Gasteiger partial charge on any atom is -0.340 e. The molecule has 0 saturated heterocycles. The van der Waals surface area contributed by atoms with Crippen LogP contribution in [-0.4, -0.2) is 32.5 Å². The van der Waals surface area contributed by atoms with E-state index in [1.54, 1.807) is 7.05 Å². The summed E-state index contributed by atoms with van der Waals surface area (Å²) < 4.78 is 0. The van der Waals surface area contributed by atoms with Crippen LogP contribution in [0.5, 0.6) is 0 Å². The highest BCUT2D eigenvalue weighted by molar-refractivity contribution is 6.00. The van der Waals surface area contributed by atoms with E-state index in [4.69, 9.17) is 0 Å². The lowest BCUT2D eigenvalue weighted by molar-refractivity contribution is 0.980. The van der Waals surface area contributed by atoms with Gasteiger partial charge in [-0.1, -0.05) is 18.2 Å². The Balaban J connectivity index is 1.79. The molecule has 0 radical (unpaired) electrons. The number of allylic oxidation sites excluding steroid dienone is 1.